The summed E-state index contributed by atoms with van der Waals surface area (Å²) in [6, 6.07) is 7.96. The summed E-state index contributed by atoms with van der Waals surface area (Å²) >= 11 is 15.3. The number of likely N-dealkylation sites (N-methyl/N-ethyl adjacent to an activating group) is 1. The van der Waals surface area contributed by atoms with Gasteiger partial charge in [0.2, 0.25) is 15.9 Å². The summed E-state index contributed by atoms with van der Waals surface area (Å²) < 4.78 is 27.8. The number of amides is 1. The highest BCUT2D eigenvalue weighted by Crippen LogP contribution is 2.28. The Bertz CT molecular complexity index is 958. The molecule has 2 rings (SSSR count). The maximum absolute atomic E-state index is 12.9. The predicted molar refractivity (Wildman–Crippen MR) is 113 cm³/mol. The molecule has 0 saturated carbocycles. The minimum absolute atomic E-state index is 0.0536. The van der Waals surface area contributed by atoms with Crippen LogP contribution in [0.5, 0.6) is 0 Å². The molecule has 0 aliphatic rings. The Morgan fingerprint density at radius 1 is 1.15 bits per heavy atom. The molecule has 2 aromatic rings. The van der Waals surface area contributed by atoms with Gasteiger partial charge in [0.25, 0.3) is 0 Å². The summed E-state index contributed by atoms with van der Waals surface area (Å²) in [7, 11) is -3.97. The molecule has 0 spiro atoms. The van der Waals surface area contributed by atoms with Crippen molar-refractivity contribution in [2.75, 3.05) is 18.4 Å². The van der Waals surface area contributed by atoms with Crippen molar-refractivity contribution in [1.29, 1.82) is 0 Å². The number of hydrogen-bond acceptors (Lipinski definition) is 3. The van der Waals surface area contributed by atoms with Crippen LogP contribution in [0.25, 0.3) is 0 Å². The Hall–Kier alpha value is -1.12. The van der Waals surface area contributed by atoms with Gasteiger partial charge in [0.05, 0.1) is 11.6 Å². The van der Waals surface area contributed by atoms with Crippen molar-refractivity contribution in [3.05, 3.63) is 56.0 Å². The van der Waals surface area contributed by atoms with E-state index < -0.39 is 15.9 Å². The van der Waals surface area contributed by atoms with Crippen molar-refractivity contribution in [2.24, 2.45) is 0 Å². The van der Waals surface area contributed by atoms with Crippen molar-refractivity contribution in [3.8, 4) is 0 Å². The Morgan fingerprint density at radius 3 is 2.30 bits per heavy atom. The van der Waals surface area contributed by atoms with Gasteiger partial charge in [-0.25, -0.2) is 8.42 Å². The number of nitrogens with zero attached hydrogens (tertiary/aromatic N) is 1. The smallest absolute Gasteiger partial charge is 0.245 e. The maximum atomic E-state index is 12.9. The number of carbonyl (C=O) groups excluding carboxylic acids is 1. The van der Waals surface area contributed by atoms with Crippen LogP contribution in [0.1, 0.15) is 18.1 Å². The van der Waals surface area contributed by atoms with E-state index in [4.69, 9.17) is 23.2 Å². The molecule has 0 bridgehead atoms. The van der Waals surface area contributed by atoms with E-state index >= 15 is 0 Å². The molecule has 0 atom stereocenters. The van der Waals surface area contributed by atoms with Gasteiger partial charge in [0.15, 0.2) is 0 Å². The number of sulfonamides is 1. The molecule has 9 heteroatoms. The topological polar surface area (TPSA) is 66.5 Å². The predicted octanol–water partition coefficient (Wildman–Crippen LogP) is 5.02. The van der Waals surface area contributed by atoms with Crippen LogP contribution >= 0.6 is 39.1 Å². The lowest BCUT2D eigenvalue weighted by Crippen LogP contribution is -2.38. The minimum atomic E-state index is -3.97. The molecule has 146 valence electrons. The second-order valence-corrected chi connectivity index (χ2v) is 9.63. The molecule has 1 amide bonds. The van der Waals surface area contributed by atoms with Gasteiger partial charge in [-0.05, 0) is 55.3 Å². The summed E-state index contributed by atoms with van der Waals surface area (Å²) in [6.45, 7) is 5.16. The van der Waals surface area contributed by atoms with E-state index in [2.05, 4.69) is 21.2 Å². The Kier molecular flexibility index (Phi) is 7.33. The van der Waals surface area contributed by atoms with E-state index in [0.717, 1.165) is 19.9 Å². The van der Waals surface area contributed by atoms with Crippen molar-refractivity contribution in [3.63, 3.8) is 0 Å². The van der Waals surface area contributed by atoms with Crippen LogP contribution in [0.2, 0.25) is 10.0 Å². The van der Waals surface area contributed by atoms with Crippen molar-refractivity contribution < 1.29 is 13.2 Å². The van der Waals surface area contributed by atoms with Crippen LogP contribution in [0.4, 0.5) is 5.69 Å². The fourth-order valence-electron chi connectivity index (χ4n) is 2.63. The SMILES string of the molecule is CCN(CC(=O)Nc1c(C)cc(Br)cc1C)S(=O)(=O)c1cc(Cl)ccc1Cl. The average Bonchev–Trinajstić information content (AvgIpc) is 2.57. The number of benzene rings is 2. The monoisotopic (exact) mass is 492 g/mol. The van der Waals surface area contributed by atoms with Crippen LogP contribution in [-0.2, 0) is 14.8 Å². The zero-order valence-electron chi connectivity index (χ0n) is 15.0. The molecule has 0 aromatic heterocycles. The fraction of sp³-hybridized carbons (Fsp3) is 0.278. The summed E-state index contributed by atoms with van der Waals surface area (Å²) in [4.78, 5) is 12.4. The Labute approximate surface area is 177 Å². The third kappa shape index (κ3) is 5.23. The number of carbonyl (C=O) groups is 1. The van der Waals surface area contributed by atoms with Crippen LogP contribution in [0.15, 0.2) is 39.7 Å². The van der Waals surface area contributed by atoms with Gasteiger partial charge in [0.1, 0.15) is 4.90 Å². The second-order valence-electron chi connectivity index (χ2n) is 5.97. The van der Waals surface area contributed by atoms with Gasteiger partial charge in [-0.1, -0.05) is 46.1 Å². The number of halogens is 3. The minimum Gasteiger partial charge on any atom is -0.324 e. The van der Waals surface area contributed by atoms with E-state index in [1.54, 1.807) is 6.92 Å². The standard InChI is InChI=1S/C18H19BrCl2N2O3S/c1-4-23(27(25,26)16-9-14(20)5-6-15(16)21)10-17(24)22-18-11(2)7-13(19)8-12(18)3/h5-9H,4,10H2,1-3H3,(H,22,24). The molecular formula is C18H19BrCl2N2O3S. The van der Waals surface area contributed by atoms with E-state index in [-0.39, 0.29) is 28.0 Å². The van der Waals surface area contributed by atoms with E-state index in [1.807, 2.05) is 26.0 Å². The molecule has 5 nitrogen and oxygen atoms in total. The Morgan fingerprint density at radius 2 is 1.74 bits per heavy atom. The molecule has 1 N–H and O–H groups in total. The quantitative estimate of drug-likeness (QED) is 0.614. The number of hydrogen-bond donors (Lipinski definition) is 1. The Balaban J connectivity index is 2.26. The number of anilines is 1. The van der Waals surface area contributed by atoms with Crippen LogP contribution in [-0.4, -0.2) is 31.7 Å². The lowest BCUT2D eigenvalue weighted by atomic mass is 10.1. The van der Waals surface area contributed by atoms with Gasteiger partial charge in [-0.15, -0.1) is 0 Å². The lowest BCUT2D eigenvalue weighted by Gasteiger charge is -2.21. The van der Waals surface area contributed by atoms with Gasteiger partial charge in [0, 0.05) is 21.7 Å². The number of nitrogens with one attached hydrogen (secondary N) is 1. The maximum Gasteiger partial charge on any atom is 0.245 e. The van der Waals surface area contributed by atoms with Crippen LogP contribution in [0, 0.1) is 13.8 Å². The van der Waals surface area contributed by atoms with Crippen LogP contribution in [0.3, 0.4) is 0 Å². The third-order valence-corrected chi connectivity index (χ3v) is 7.04. The van der Waals surface area contributed by atoms with Gasteiger partial charge in [-0.3, -0.25) is 4.79 Å². The third-order valence-electron chi connectivity index (χ3n) is 3.95. The van der Waals surface area contributed by atoms with Crippen molar-refractivity contribution >= 4 is 60.7 Å². The average molecular weight is 494 g/mol. The fourth-order valence-corrected chi connectivity index (χ4v) is 5.46. The summed E-state index contributed by atoms with van der Waals surface area (Å²) in [6.07, 6.45) is 0. The largest absolute Gasteiger partial charge is 0.324 e. The first-order chi connectivity index (χ1) is 12.6. The summed E-state index contributed by atoms with van der Waals surface area (Å²) in [5.41, 5.74) is 2.41. The molecule has 0 aliphatic carbocycles. The van der Waals surface area contributed by atoms with E-state index in [0.29, 0.717) is 5.69 Å². The normalized spacial score (nSPS) is 11.7. The number of rotatable bonds is 6. The molecule has 0 saturated heterocycles. The molecule has 0 radical (unpaired) electrons. The highest BCUT2D eigenvalue weighted by atomic mass is 79.9. The lowest BCUT2D eigenvalue weighted by molar-refractivity contribution is -0.116. The first-order valence-corrected chi connectivity index (χ1v) is 11.1. The zero-order chi connectivity index (χ0) is 20.4. The highest BCUT2D eigenvalue weighted by Gasteiger charge is 2.28. The van der Waals surface area contributed by atoms with Crippen molar-refractivity contribution in [1.82, 2.24) is 4.31 Å². The van der Waals surface area contributed by atoms with Gasteiger partial charge < -0.3 is 5.32 Å². The van der Waals surface area contributed by atoms with Gasteiger partial charge >= 0.3 is 0 Å². The van der Waals surface area contributed by atoms with Crippen molar-refractivity contribution in [2.45, 2.75) is 25.7 Å². The first kappa shape index (κ1) is 22.2. The first-order valence-electron chi connectivity index (χ1n) is 8.08. The summed E-state index contributed by atoms with van der Waals surface area (Å²) in [5.74, 6) is -0.438. The molecule has 0 unspecified atom stereocenters. The number of aryl methyl sites for hydroxylation is 2. The van der Waals surface area contributed by atoms with E-state index in [1.165, 1.54) is 18.2 Å². The van der Waals surface area contributed by atoms with Gasteiger partial charge in [-0.2, -0.15) is 4.31 Å². The summed E-state index contributed by atoms with van der Waals surface area (Å²) in [5, 5.41) is 3.10. The molecule has 27 heavy (non-hydrogen) atoms. The highest BCUT2D eigenvalue weighted by molar-refractivity contribution is 9.10. The molecular weight excluding hydrogens is 475 g/mol. The molecule has 0 aliphatic heterocycles. The zero-order valence-corrected chi connectivity index (χ0v) is 18.9. The molecule has 2 aromatic carbocycles. The molecule has 0 heterocycles. The van der Waals surface area contributed by atoms with E-state index in [9.17, 15) is 13.2 Å². The molecule has 0 fully saturated rings. The second kappa shape index (κ2) is 8.92. The van der Waals surface area contributed by atoms with Crippen LogP contribution < -0.4 is 5.32 Å².